The van der Waals surface area contributed by atoms with Crippen molar-refractivity contribution in [3.05, 3.63) is 34.9 Å². The van der Waals surface area contributed by atoms with Gasteiger partial charge < -0.3 is 5.73 Å². The van der Waals surface area contributed by atoms with E-state index in [1.807, 2.05) is 19.1 Å². The van der Waals surface area contributed by atoms with E-state index < -0.39 is 0 Å². The van der Waals surface area contributed by atoms with E-state index >= 15 is 0 Å². The first-order valence-electron chi connectivity index (χ1n) is 7.39. The fraction of sp³-hybridized carbons (Fsp3) is 0.588. The van der Waals surface area contributed by atoms with Gasteiger partial charge in [-0.15, -0.1) is 0 Å². The predicted molar refractivity (Wildman–Crippen MR) is 81.5 cm³/mol. The summed E-state index contributed by atoms with van der Waals surface area (Å²) in [7, 11) is 0. The van der Waals surface area contributed by atoms with E-state index in [4.69, 9.17) is 5.73 Å². The lowest BCUT2D eigenvalue weighted by molar-refractivity contribution is 0.0971. The van der Waals surface area contributed by atoms with Crippen molar-refractivity contribution in [3.63, 3.8) is 0 Å². The second kappa shape index (κ2) is 8.11. The molecule has 0 heterocycles. The van der Waals surface area contributed by atoms with Crippen molar-refractivity contribution < 1.29 is 4.79 Å². The van der Waals surface area contributed by atoms with Gasteiger partial charge in [-0.25, -0.2) is 0 Å². The van der Waals surface area contributed by atoms with E-state index in [0.29, 0.717) is 12.3 Å². The monoisotopic (exact) mass is 261 g/mol. The standard InChI is InChI=1S/C17H27NO/c1-4-5-15(10-11-18)7-9-17(19)16-8-6-13(2)12-14(16)3/h6,8,12,15H,4-5,7,9-11,18H2,1-3H3. The van der Waals surface area contributed by atoms with Crippen LogP contribution in [0, 0.1) is 19.8 Å². The van der Waals surface area contributed by atoms with E-state index in [0.717, 1.165) is 30.5 Å². The number of hydrogen-bond donors (Lipinski definition) is 1. The maximum Gasteiger partial charge on any atom is 0.163 e. The van der Waals surface area contributed by atoms with E-state index in [9.17, 15) is 4.79 Å². The molecule has 0 aliphatic carbocycles. The van der Waals surface area contributed by atoms with Gasteiger partial charge in [-0.1, -0.05) is 43.5 Å². The zero-order valence-electron chi connectivity index (χ0n) is 12.5. The van der Waals surface area contributed by atoms with E-state index in [2.05, 4.69) is 19.9 Å². The number of carbonyl (C=O) groups is 1. The number of aryl methyl sites for hydroxylation is 2. The Kier molecular flexibility index (Phi) is 6.79. The Morgan fingerprint density at radius 3 is 2.53 bits per heavy atom. The van der Waals surface area contributed by atoms with E-state index in [1.54, 1.807) is 0 Å². The van der Waals surface area contributed by atoms with Crippen LogP contribution in [0.1, 0.15) is 60.5 Å². The molecule has 0 fully saturated rings. The highest BCUT2D eigenvalue weighted by Crippen LogP contribution is 2.20. The molecule has 1 aromatic carbocycles. The minimum Gasteiger partial charge on any atom is -0.330 e. The molecule has 1 unspecified atom stereocenters. The van der Waals surface area contributed by atoms with Crippen molar-refractivity contribution in [2.75, 3.05) is 6.54 Å². The third-order valence-corrected chi connectivity index (χ3v) is 3.73. The predicted octanol–water partition coefficient (Wildman–Crippen LogP) is 4.03. The van der Waals surface area contributed by atoms with Crippen LogP contribution in [0.15, 0.2) is 18.2 Å². The van der Waals surface area contributed by atoms with Gasteiger partial charge in [0.1, 0.15) is 0 Å². The second-order valence-corrected chi connectivity index (χ2v) is 5.51. The molecule has 19 heavy (non-hydrogen) atoms. The first kappa shape index (κ1) is 15.9. The van der Waals surface area contributed by atoms with E-state index in [-0.39, 0.29) is 5.78 Å². The summed E-state index contributed by atoms with van der Waals surface area (Å²) in [5.74, 6) is 0.875. The number of Topliss-reactive ketones (excluding diaryl/α,β-unsaturated/α-hetero) is 1. The zero-order valence-corrected chi connectivity index (χ0v) is 12.5. The minimum atomic E-state index is 0.274. The molecular weight excluding hydrogens is 234 g/mol. The molecule has 2 N–H and O–H groups in total. The van der Waals surface area contributed by atoms with Gasteiger partial charge in [0, 0.05) is 12.0 Å². The largest absolute Gasteiger partial charge is 0.330 e. The van der Waals surface area contributed by atoms with Crippen LogP contribution in [-0.4, -0.2) is 12.3 Å². The van der Waals surface area contributed by atoms with Crippen LogP contribution in [-0.2, 0) is 0 Å². The van der Waals surface area contributed by atoms with Crippen LogP contribution >= 0.6 is 0 Å². The molecule has 106 valence electrons. The van der Waals surface area contributed by atoms with Crippen molar-refractivity contribution in [3.8, 4) is 0 Å². The summed E-state index contributed by atoms with van der Waals surface area (Å²) in [6, 6.07) is 6.06. The molecule has 0 saturated carbocycles. The molecule has 0 spiro atoms. The zero-order chi connectivity index (χ0) is 14.3. The molecule has 2 heteroatoms. The Hall–Kier alpha value is -1.15. The summed E-state index contributed by atoms with van der Waals surface area (Å²) < 4.78 is 0. The van der Waals surface area contributed by atoms with Gasteiger partial charge in [0.05, 0.1) is 0 Å². The molecule has 1 atom stereocenters. The average molecular weight is 261 g/mol. The molecule has 0 radical (unpaired) electrons. The third kappa shape index (κ3) is 5.15. The van der Waals surface area contributed by atoms with Crippen LogP contribution < -0.4 is 5.73 Å². The highest BCUT2D eigenvalue weighted by molar-refractivity contribution is 5.97. The van der Waals surface area contributed by atoms with Crippen molar-refractivity contribution >= 4 is 5.78 Å². The molecule has 0 saturated heterocycles. The van der Waals surface area contributed by atoms with Crippen molar-refractivity contribution in [1.29, 1.82) is 0 Å². The molecule has 0 amide bonds. The third-order valence-electron chi connectivity index (χ3n) is 3.73. The Morgan fingerprint density at radius 1 is 1.21 bits per heavy atom. The van der Waals surface area contributed by atoms with Crippen molar-refractivity contribution in [1.82, 2.24) is 0 Å². The average Bonchev–Trinajstić information content (AvgIpc) is 2.36. The number of carbonyl (C=O) groups excluding carboxylic acids is 1. The van der Waals surface area contributed by atoms with Gasteiger partial charge in [0.25, 0.3) is 0 Å². The summed E-state index contributed by atoms with van der Waals surface area (Å²) in [4.78, 5) is 12.3. The number of ketones is 1. The maximum absolute atomic E-state index is 12.3. The number of benzene rings is 1. The molecule has 2 nitrogen and oxygen atoms in total. The SMILES string of the molecule is CCCC(CCN)CCC(=O)c1ccc(C)cc1C. The van der Waals surface area contributed by atoms with Crippen molar-refractivity contribution in [2.24, 2.45) is 11.7 Å². The molecular formula is C17H27NO. The van der Waals surface area contributed by atoms with Gasteiger partial charge in [-0.2, -0.15) is 0 Å². The Labute approximate surface area is 117 Å². The number of hydrogen-bond acceptors (Lipinski definition) is 2. The molecule has 0 bridgehead atoms. The lowest BCUT2D eigenvalue weighted by atomic mass is 9.91. The smallest absolute Gasteiger partial charge is 0.163 e. The molecule has 0 aliphatic heterocycles. The van der Waals surface area contributed by atoms with Gasteiger partial charge in [0.2, 0.25) is 0 Å². The molecule has 0 aromatic heterocycles. The quantitative estimate of drug-likeness (QED) is 0.718. The van der Waals surface area contributed by atoms with Gasteiger partial charge in [-0.3, -0.25) is 4.79 Å². The molecule has 0 aliphatic rings. The normalized spacial score (nSPS) is 12.4. The van der Waals surface area contributed by atoms with Crippen LogP contribution in [0.4, 0.5) is 0 Å². The molecule has 1 aromatic rings. The van der Waals surface area contributed by atoms with Crippen LogP contribution in [0.2, 0.25) is 0 Å². The highest BCUT2D eigenvalue weighted by atomic mass is 16.1. The minimum absolute atomic E-state index is 0.274. The Balaban J connectivity index is 2.58. The molecule has 1 rings (SSSR count). The fourth-order valence-electron chi connectivity index (χ4n) is 2.67. The topological polar surface area (TPSA) is 43.1 Å². The highest BCUT2D eigenvalue weighted by Gasteiger charge is 2.13. The first-order valence-corrected chi connectivity index (χ1v) is 7.39. The van der Waals surface area contributed by atoms with Gasteiger partial charge in [0.15, 0.2) is 5.78 Å². The van der Waals surface area contributed by atoms with Gasteiger partial charge in [-0.05, 0) is 44.7 Å². The van der Waals surface area contributed by atoms with E-state index in [1.165, 1.54) is 18.4 Å². The summed E-state index contributed by atoms with van der Waals surface area (Å²) in [5.41, 5.74) is 8.82. The Morgan fingerprint density at radius 2 is 1.95 bits per heavy atom. The summed E-state index contributed by atoms with van der Waals surface area (Å²) >= 11 is 0. The van der Waals surface area contributed by atoms with Gasteiger partial charge >= 0.3 is 0 Å². The summed E-state index contributed by atoms with van der Waals surface area (Å²) in [6.45, 7) is 6.99. The second-order valence-electron chi connectivity index (χ2n) is 5.51. The Bertz CT molecular complexity index is 406. The summed E-state index contributed by atoms with van der Waals surface area (Å²) in [5, 5.41) is 0. The van der Waals surface area contributed by atoms with Crippen LogP contribution in [0.3, 0.4) is 0 Å². The maximum atomic E-state index is 12.3. The first-order chi connectivity index (χ1) is 9.08. The number of rotatable bonds is 8. The summed E-state index contributed by atoms with van der Waals surface area (Å²) in [6.07, 6.45) is 5.00. The van der Waals surface area contributed by atoms with Crippen LogP contribution in [0.25, 0.3) is 0 Å². The van der Waals surface area contributed by atoms with Crippen LogP contribution in [0.5, 0.6) is 0 Å². The fourth-order valence-corrected chi connectivity index (χ4v) is 2.67. The van der Waals surface area contributed by atoms with Crippen molar-refractivity contribution in [2.45, 2.75) is 52.9 Å². The number of nitrogens with two attached hydrogens (primary N) is 1. The lowest BCUT2D eigenvalue weighted by Crippen LogP contribution is -2.11. The lowest BCUT2D eigenvalue weighted by Gasteiger charge is -2.14.